The molecule has 0 saturated heterocycles. The highest BCUT2D eigenvalue weighted by molar-refractivity contribution is 5.81. The first-order valence-electron chi connectivity index (χ1n) is 11.1. The van der Waals surface area contributed by atoms with E-state index in [1.165, 1.54) is 48.6 Å². The summed E-state index contributed by atoms with van der Waals surface area (Å²) in [5.41, 5.74) is 0.135. The molecule has 0 bridgehead atoms. The number of likely N-dealkylation sites (N-methyl/N-ethyl adjacent to an activating group) is 1. The standard InChI is InChI=1S/C19H21N3O/c1-13-5-8-15(9-6-13)19-16(11-18(23)21(3)4)22-12-14(2)7-10-17(22)20-19/h5-10,12H,11H2,1-4H3/i2D3,5D,6D,8D,9D,11D. The van der Waals surface area contributed by atoms with Crippen molar-refractivity contribution in [2.24, 2.45) is 0 Å². The summed E-state index contributed by atoms with van der Waals surface area (Å²) in [5, 5.41) is 0. The molecule has 0 aliphatic rings. The van der Waals surface area contributed by atoms with Gasteiger partial charge in [0.1, 0.15) is 5.65 Å². The van der Waals surface area contributed by atoms with Crippen LogP contribution in [0.4, 0.5) is 0 Å². The van der Waals surface area contributed by atoms with Gasteiger partial charge in [0.15, 0.2) is 0 Å². The van der Waals surface area contributed by atoms with Gasteiger partial charge in [0, 0.05) is 31.3 Å². The molecule has 3 aromatic rings. The number of fused-ring (bicyclic) bond motifs is 1. The Morgan fingerprint density at radius 2 is 2.04 bits per heavy atom. The molecule has 23 heavy (non-hydrogen) atoms. The highest BCUT2D eigenvalue weighted by atomic mass is 16.2. The van der Waals surface area contributed by atoms with Gasteiger partial charge in [-0.25, -0.2) is 4.98 Å². The third-order valence-electron chi connectivity index (χ3n) is 3.34. The van der Waals surface area contributed by atoms with E-state index in [1.54, 1.807) is 0 Å². The molecule has 118 valence electrons. The van der Waals surface area contributed by atoms with Crippen LogP contribution in [0.3, 0.4) is 0 Å². The molecule has 2 aromatic heterocycles. The van der Waals surface area contributed by atoms with E-state index >= 15 is 0 Å². The molecule has 1 unspecified atom stereocenters. The lowest BCUT2D eigenvalue weighted by Crippen LogP contribution is -2.24. The van der Waals surface area contributed by atoms with Crippen molar-refractivity contribution < 1.29 is 15.8 Å². The van der Waals surface area contributed by atoms with Crippen molar-refractivity contribution in [2.45, 2.75) is 20.2 Å². The molecule has 0 N–H and O–H groups in total. The van der Waals surface area contributed by atoms with Gasteiger partial charge in [-0.05, 0) is 25.4 Å². The van der Waals surface area contributed by atoms with Crippen LogP contribution in [-0.2, 0) is 11.2 Å². The van der Waals surface area contributed by atoms with Crippen LogP contribution in [0.2, 0.25) is 0 Å². The van der Waals surface area contributed by atoms with Crippen molar-refractivity contribution in [1.29, 1.82) is 0 Å². The summed E-state index contributed by atoms with van der Waals surface area (Å²) in [6.45, 7) is -0.965. The van der Waals surface area contributed by atoms with E-state index in [2.05, 4.69) is 4.98 Å². The third kappa shape index (κ3) is 2.97. The third-order valence-corrected chi connectivity index (χ3v) is 3.34. The second-order valence-electron chi connectivity index (χ2n) is 5.37. The fourth-order valence-electron chi connectivity index (χ4n) is 2.12. The summed E-state index contributed by atoms with van der Waals surface area (Å²) in [5.74, 6) is -0.607. The van der Waals surface area contributed by atoms with E-state index in [4.69, 9.17) is 11.0 Å². The SMILES string of the molecule is [2H]c1c([2H])c(-c2nc3ccc(C([2H])([2H])[2H])cn3c2C([2H])C(=O)N(C)C)c([2H])c([2H])c1C. The van der Waals surface area contributed by atoms with E-state index in [-0.39, 0.29) is 57.9 Å². The smallest absolute Gasteiger partial charge is 0.228 e. The number of nitrogens with zero attached hydrogens (tertiary/aromatic N) is 3. The predicted octanol–water partition coefficient (Wildman–Crippen LogP) is 3.25. The average Bonchev–Trinajstić information content (AvgIpc) is 3.07. The highest BCUT2D eigenvalue weighted by Crippen LogP contribution is 2.26. The first-order valence-corrected chi connectivity index (χ1v) is 7.00. The fraction of sp³-hybridized carbons (Fsp3) is 0.263. The van der Waals surface area contributed by atoms with Crippen LogP contribution in [-0.4, -0.2) is 34.3 Å². The summed E-state index contributed by atoms with van der Waals surface area (Å²) >= 11 is 0. The molecule has 1 atom stereocenters. The van der Waals surface area contributed by atoms with Crippen LogP contribution in [0.25, 0.3) is 16.9 Å². The Morgan fingerprint density at radius 3 is 2.70 bits per heavy atom. The summed E-state index contributed by atoms with van der Waals surface area (Å²) in [7, 11) is 2.95. The number of hydrogen-bond donors (Lipinski definition) is 0. The molecule has 1 amide bonds. The van der Waals surface area contributed by atoms with Gasteiger partial charge in [0.2, 0.25) is 5.91 Å². The molecule has 0 aliphatic carbocycles. The zero-order valence-corrected chi connectivity index (χ0v) is 13.1. The minimum atomic E-state index is -2.44. The lowest BCUT2D eigenvalue weighted by Gasteiger charge is -2.11. The van der Waals surface area contributed by atoms with Gasteiger partial charge in [-0.2, -0.15) is 0 Å². The molecule has 4 nitrogen and oxygen atoms in total. The van der Waals surface area contributed by atoms with Gasteiger partial charge in [-0.15, -0.1) is 0 Å². The quantitative estimate of drug-likeness (QED) is 0.744. The van der Waals surface area contributed by atoms with E-state index < -0.39 is 19.2 Å². The number of pyridine rings is 1. The minimum Gasteiger partial charge on any atom is -0.348 e. The Hall–Kier alpha value is -2.62. The van der Waals surface area contributed by atoms with E-state index in [0.717, 1.165) is 0 Å². The van der Waals surface area contributed by atoms with E-state index in [1.807, 2.05) is 0 Å². The summed E-state index contributed by atoms with van der Waals surface area (Å²) in [4.78, 5) is 18.2. The van der Waals surface area contributed by atoms with Gasteiger partial charge in [-0.1, -0.05) is 35.8 Å². The van der Waals surface area contributed by atoms with Gasteiger partial charge >= 0.3 is 0 Å². The highest BCUT2D eigenvalue weighted by Gasteiger charge is 2.18. The van der Waals surface area contributed by atoms with Gasteiger partial charge in [-0.3, -0.25) is 4.79 Å². The topological polar surface area (TPSA) is 37.6 Å². The molecule has 0 saturated carbocycles. The van der Waals surface area contributed by atoms with Crippen molar-refractivity contribution in [3.05, 3.63) is 59.3 Å². The van der Waals surface area contributed by atoms with Crippen molar-refractivity contribution in [3.63, 3.8) is 0 Å². The number of carbonyl (C=O) groups is 1. The van der Waals surface area contributed by atoms with Crippen LogP contribution < -0.4 is 0 Å². The van der Waals surface area contributed by atoms with Crippen LogP contribution in [0, 0.1) is 13.8 Å². The van der Waals surface area contributed by atoms with E-state index in [0.29, 0.717) is 0 Å². The normalized spacial score (nSPS) is 17.9. The number of rotatable bonds is 3. The maximum absolute atomic E-state index is 12.6. The van der Waals surface area contributed by atoms with Crippen molar-refractivity contribution >= 4 is 11.6 Å². The van der Waals surface area contributed by atoms with Gasteiger partial charge in [0.25, 0.3) is 0 Å². The van der Waals surface area contributed by atoms with Gasteiger partial charge in [0.05, 0.1) is 23.3 Å². The summed E-state index contributed by atoms with van der Waals surface area (Å²) < 4.78 is 65.9. The zero-order chi connectivity index (χ0) is 23.4. The molecule has 0 aliphatic heterocycles. The number of aromatic nitrogens is 2. The Balaban J connectivity index is 2.46. The average molecular weight is 315 g/mol. The number of hydrogen-bond acceptors (Lipinski definition) is 2. The van der Waals surface area contributed by atoms with Crippen molar-refractivity contribution in [1.82, 2.24) is 14.3 Å². The fourth-order valence-corrected chi connectivity index (χ4v) is 2.12. The second-order valence-corrected chi connectivity index (χ2v) is 5.37. The number of benzene rings is 1. The molecule has 2 heterocycles. The number of aryl methyl sites for hydroxylation is 1. The number of carbonyl (C=O) groups excluding carboxylic acids is 1. The maximum atomic E-state index is 12.6. The molecule has 3 rings (SSSR count). The van der Waals surface area contributed by atoms with Crippen molar-refractivity contribution in [2.75, 3.05) is 14.1 Å². The Kier molecular flexibility index (Phi) is 2.12. The number of imidazole rings is 1. The molecular weight excluding hydrogens is 286 g/mol. The molecule has 4 heteroatoms. The minimum absolute atomic E-state index is 0.0237. The summed E-state index contributed by atoms with van der Waals surface area (Å²) in [6.07, 6.45) is -0.265. The molecular formula is C19H21N3O. The second kappa shape index (κ2) is 5.88. The Labute approximate surface area is 147 Å². The monoisotopic (exact) mass is 315 g/mol. The van der Waals surface area contributed by atoms with Crippen molar-refractivity contribution in [3.8, 4) is 11.3 Å². The Morgan fingerprint density at radius 1 is 1.30 bits per heavy atom. The number of amides is 1. The first kappa shape index (κ1) is 8.29. The lowest BCUT2D eigenvalue weighted by atomic mass is 10.1. The summed E-state index contributed by atoms with van der Waals surface area (Å²) in [6, 6.07) is 1.60. The largest absolute Gasteiger partial charge is 0.348 e. The van der Waals surface area contributed by atoms with Crippen LogP contribution in [0.1, 0.15) is 27.8 Å². The van der Waals surface area contributed by atoms with E-state index in [9.17, 15) is 4.79 Å². The predicted molar refractivity (Wildman–Crippen MR) is 92.5 cm³/mol. The van der Waals surface area contributed by atoms with Crippen LogP contribution >= 0.6 is 0 Å². The first-order chi connectivity index (χ1) is 14.3. The molecule has 1 aromatic carbocycles. The maximum Gasteiger partial charge on any atom is 0.228 e. The zero-order valence-electron chi connectivity index (χ0n) is 21.1. The van der Waals surface area contributed by atoms with Crippen LogP contribution in [0.5, 0.6) is 0 Å². The lowest BCUT2D eigenvalue weighted by molar-refractivity contribution is -0.128. The van der Waals surface area contributed by atoms with Crippen LogP contribution in [0.15, 0.2) is 42.5 Å². The molecule has 0 fully saturated rings. The molecule has 0 spiro atoms. The Bertz CT molecular complexity index is 1170. The molecule has 0 radical (unpaired) electrons. The van der Waals surface area contributed by atoms with Gasteiger partial charge < -0.3 is 9.30 Å².